The molecule has 106 valence electrons. The van der Waals surface area contributed by atoms with Gasteiger partial charge in [0.15, 0.2) is 0 Å². The van der Waals surface area contributed by atoms with Gasteiger partial charge in [0.2, 0.25) is 0 Å². The molecule has 0 aliphatic rings. The van der Waals surface area contributed by atoms with Crippen LogP contribution in [0.4, 0.5) is 5.69 Å². The van der Waals surface area contributed by atoms with Crippen molar-refractivity contribution in [2.45, 2.75) is 19.4 Å². The summed E-state index contributed by atoms with van der Waals surface area (Å²) in [7, 11) is 1.67. The molecule has 0 amide bonds. The topological polar surface area (TPSA) is 34.4 Å². The molecule has 1 N–H and O–H groups in total. The van der Waals surface area contributed by atoms with Crippen LogP contribution >= 0.6 is 0 Å². The molecule has 2 atom stereocenters. The maximum Gasteiger partial charge on any atom is 0.125 e. The third kappa shape index (κ3) is 3.67. The largest absolute Gasteiger partial charge is 0.497 e. The summed E-state index contributed by atoms with van der Waals surface area (Å²) in [6.07, 6.45) is 4.60. The first kappa shape index (κ1) is 14.3. The number of furan rings is 1. The van der Waals surface area contributed by atoms with Gasteiger partial charge in [-0.1, -0.05) is 13.0 Å². The van der Waals surface area contributed by atoms with Gasteiger partial charge in [-0.05, 0) is 48.7 Å². The van der Waals surface area contributed by atoms with E-state index in [1.165, 1.54) is 0 Å². The van der Waals surface area contributed by atoms with E-state index in [-0.39, 0.29) is 6.04 Å². The van der Waals surface area contributed by atoms with Crippen LogP contribution in [0.25, 0.3) is 0 Å². The fraction of sp³-hybridized carbons (Fsp3) is 0.294. The van der Waals surface area contributed by atoms with Gasteiger partial charge in [0.25, 0.3) is 0 Å². The highest BCUT2D eigenvalue weighted by molar-refractivity contribution is 5.47. The number of benzene rings is 1. The van der Waals surface area contributed by atoms with Gasteiger partial charge >= 0.3 is 0 Å². The number of allylic oxidation sites excluding steroid dienone is 1. The van der Waals surface area contributed by atoms with Crippen molar-refractivity contribution in [3.05, 3.63) is 61.1 Å². The predicted octanol–water partition coefficient (Wildman–Crippen LogP) is 4.65. The van der Waals surface area contributed by atoms with Gasteiger partial charge in [0, 0.05) is 5.69 Å². The van der Waals surface area contributed by atoms with Crippen molar-refractivity contribution in [2.24, 2.45) is 5.92 Å². The zero-order valence-corrected chi connectivity index (χ0v) is 12.0. The Hall–Kier alpha value is -2.16. The molecule has 3 nitrogen and oxygen atoms in total. The fourth-order valence-electron chi connectivity index (χ4n) is 2.09. The molecular formula is C17H21NO2. The van der Waals surface area contributed by atoms with Gasteiger partial charge in [-0.25, -0.2) is 0 Å². The van der Waals surface area contributed by atoms with Crippen molar-refractivity contribution in [1.82, 2.24) is 0 Å². The second kappa shape index (κ2) is 6.85. The van der Waals surface area contributed by atoms with Crippen molar-refractivity contribution < 1.29 is 9.15 Å². The van der Waals surface area contributed by atoms with E-state index in [9.17, 15) is 0 Å². The third-order valence-corrected chi connectivity index (χ3v) is 3.33. The van der Waals surface area contributed by atoms with E-state index in [2.05, 4.69) is 18.8 Å². The van der Waals surface area contributed by atoms with Crippen molar-refractivity contribution >= 4 is 5.69 Å². The molecule has 20 heavy (non-hydrogen) atoms. The molecule has 0 spiro atoms. The summed E-state index contributed by atoms with van der Waals surface area (Å²) >= 11 is 0. The number of hydrogen-bond acceptors (Lipinski definition) is 3. The highest BCUT2D eigenvalue weighted by Crippen LogP contribution is 2.27. The summed E-state index contributed by atoms with van der Waals surface area (Å²) in [5.41, 5.74) is 1.04. The summed E-state index contributed by atoms with van der Waals surface area (Å²) in [6, 6.07) is 11.9. The highest BCUT2D eigenvalue weighted by Gasteiger charge is 2.16. The summed E-state index contributed by atoms with van der Waals surface area (Å²) < 4.78 is 10.7. The van der Waals surface area contributed by atoms with Gasteiger partial charge < -0.3 is 14.5 Å². The number of anilines is 1. The Balaban J connectivity index is 2.12. The summed E-state index contributed by atoms with van der Waals surface area (Å²) in [4.78, 5) is 0. The van der Waals surface area contributed by atoms with Crippen LogP contribution in [0.3, 0.4) is 0 Å². The highest BCUT2D eigenvalue weighted by atomic mass is 16.5. The first-order chi connectivity index (χ1) is 9.72. The van der Waals surface area contributed by atoms with Crippen LogP contribution in [0.15, 0.2) is 59.7 Å². The fourth-order valence-corrected chi connectivity index (χ4v) is 2.09. The Labute approximate surface area is 120 Å². The van der Waals surface area contributed by atoms with Gasteiger partial charge in [-0.15, -0.1) is 6.58 Å². The number of hydrogen-bond donors (Lipinski definition) is 1. The van der Waals surface area contributed by atoms with Crippen LogP contribution in [-0.2, 0) is 0 Å². The zero-order valence-electron chi connectivity index (χ0n) is 12.0. The Morgan fingerprint density at radius 1 is 1.30 bits per heavy atom. The summed E-state index contributed by atoms with van der Waals surface area (Å²) in [5, 5.41) is 3.50. The molecule has 0 radical (unpaired) electrons. The summed E-state index contributed by atoms with van der Waals surface area (Å²) in [5.74, 6) is 2.20. The minimum absolute atomic E-state index is 0.131. The summed E-state index contributed by atoms with van der Waals surface area (Å²) in [6.45, 7) is 6.00. The van der Waals surface area contributed by atoms with Gasteiger partial charge in [-0.3, -0.25) is 0 Å². The predicted molar refractivity (Wildman–Crippen MR) is 82.0 cm³/mol. The van der Waals surface area contributed by atoms with Crippen molar-refractivity contribution in [3.63, 3.8) is 0 Å². The quantitative estimate of drug-likeness (QED) is 0.744. The second-order valence-electron chi connectivity index (χ2n) is 4.89. The molecule has 0 unspecified atom stereocenters. The van der Waals surface area contributed by atoms with E-state index in [0.717, 1.165) is 23.6 Å². The maximum absolute atomic E-state index is 5.54. The lowest BCUT2D eigenvalue weighted by Crippen LogP contribution is -2.13. The van der Waals surface area contributed by atoms with Crippen LogP contribution in [0, 0.1) is 5.92 Å². The lowest BCUT2D eigenvalue weighted by atomic mass is 10.00. The molecule has 0 saturated heterocycles. The molecular weight excluding hydrogens is 250 g/mol. The van der Waals surface area contributed by atoms with Crippen molar-refractivity contribution in [3.8, 4) is 5.75 Å². The van der Waals surface area contributed by atoms with Gasteiger partial charge in [0.05, 0.1) is 19.4 Å². The third-order valence-electron chi connectivity index (χ3n) is 3.33. The molecule has 0 aliphatic heterocycles. The van der Waals surface area contributed by atoms with E-state index >= 15 is 0 Å². The minimum Gasteiger partial charge on any atom is -0.497 e. The molecule has 0 aliphatic carbocycles. The molecule has 0 fully saturated rings. The van der Waals surface area contributed by atoms with Crippen LogP contribution in [0.5, 0.6) is 5.75 Å². The molecule has 1 aromatic heterocycles. The van der Waals surface area contributed by atoms with Gasteiger partial charge in [0.1, 0.15) is 11.5 Å². The van der Waals surface area contributed by atoms with Crippen LogP contribution in [0.1, 0.15) is 25.1 Å². The average Bonchev–Trinajstić information content (AvgIpc) is 3.01. The van der Waals surface area contributed by atoms with E-state index in [1.807, 2.05) is 42.5 Å². The lowest BCUT2D eigenvalue weighted by Gasteiger charge is -2.20. The molecule has 3 heteroatoms. The van der Waals surface area contributed by atoms with Gasteiger partial charge in [-0.2, -0.15) is 0 Å². The minimum atomic E-state index is 0.131. The second-order valence-corrected chi connectivity index (χ2v) is 4.89. The zero-order chi connectivity index (χ0) is 14.4. The Kier molecular flexibility index (Phi) is 4.88. The smallest absolute Gasteiger partial charge is 0.125 e. The van der Waals surface area contributed by atoms with E-state index in [4.69, 9.17) is 9.15 Å². The normalized spacial score (nSPS) is 13.5. The average molecular weight is 271 g/mol. The van der Waals surface area contributed by atoms with E-state index in [1.54, 1.807) is 13.4 Å². The standard InChI is InChI=1S/C17H21NO2/c1-4-13(2)12-16(17-6-5-11-20-17)18-14-7-9-15(19-3)10-8-14/h4-11,13,16,18H,1,12H2,2-3H3/t13-,16-/m0/s1. The van der Waals surface area contributed by atoms with E-state index in [0.29, 0.717) is 5.92 Å². The Bertz CT molecular complexity index is 516. The van der Waals surface area contributed by atoms with Crippen LogP contribution in [0.2, 0.25) is 0 Å². The first-order valence-corrected chi connectivity index (χ1v) is 6.79. The molecule has 2 rings (SSSR count). The number of methoxy groups -OCH3 is 1. The monoisotopic (exact) mass is 271 g/mol. The SMILES string of the molecule is C=C[C@H](C)C[C@H](Nc1ccc(OC)cc1)c1ccco1. The Morgan fingerprint density at radius 3 is 2.60 bits per heavy atom. The van der Waals surface area contributed by atoms with Crippen molar-refractivity contribution in [2.75, 3.05) is 12.4 Å². The lowest BCUT2D eigenvalue weighted by molar-refractivity contribution is 0.414. The molecule has 2 aromatic rings. The molecule has 0 saturated carbocycles. The molecule has 0 bridgehead atoms. The van der Waals surface area contributed by atoms with E-state index < -0.39 is 0 Å². The van der Waals surface area contributed by atoms with Crippen LogP contribution < -0.4 is 10.1 Å². The number of rotatable bonds is 7. The first-order valence-electron chi connectivity index (χ1n) is 6.79. The number of nitrogens with one attached hydrogen (secondary N) is 1. The van der Waals surface area contributed by atoms with Crippen LogP contribution in [-0.4, -0.2) is 7.11 Å². The Morgan fingerprint density at radius 2 is 2.05 bits per heavy atom. The number of ether oxygens (including phenoxy) is 1. The van der Waals surface area contributed by atoms with Crippen molar-refractivity contribution in [1.29, 1.82) is 0 Å². The maximum atomic E-state index is 5.54. The molecule has 1 heterocycles. The molecule has 1 aromatic carbocycles.